The second kappa shape index (κ2) is 12.6. The first kappa shape index (κ1) is 29.0. The van der Waals surface area contributed by atoms with Gasteiger partial charge in [-0.2, -0.15) is 0 Å². The Balaban J connectivity index is 1.50. The number of nitrogens with zero attached hydrogens (tertiary/aromatic N) is 2. The van der Waals surface area contributed by atoms with Gasteiger partial charge in [0.15, 0.2) is 5.78 Å². The molecule has 0 saturated heterocycles. The summed E-state index contributed by atoms with van der Waals surface area (Å²) in [6.07, 6.45) is 0.328. The molecular weight excluding hydrogens is 544 g/mol. The number of aryl methyl sites for hydroxylation is 3. The molecule has 0 aliphatic heterocycles. The second-order valence-corrected chi connectivity index (χ2v) is 11.4. The Hall–Kier alpha value is -4.49. The molecule has 0 spiro atoms. The van der Waals surface area contributed by atoms with Crippen molar-refractivity contribution in [2.75, 3.05) is 5.75 Å². The Labute approximate surface area is 249 Å². The zero-order valence-corrected chi connectivity index (χ0v) is 25.0. The van der Waals surface area contributed by atoms with Gasteiger partial charge in [0.2, 0.25) is 5.78 Å². The van der Waals surface area contributed by atoms with Crippen LogP contribution in [0.3, 0.4) is 0 Å². The maximum absolute atomic E-state index is 13.7. The summed E-state index contributed by atoms with van der Waals surface area (Å²) in [6.45, 7) is 8.03. The van der Waals surface area contributed by atoms with Gasteiger partial charge in [-0.1, -0.05) is 47.1 Å². The highest BCUT2D eigenvalue weighted by atomic mass is 32.2. The summed E-state index contributed by atoms with van der Waals surface area (Å²) in [5.74, 6) is -0.330. The number of hydrogen-bond acceptors (Lipinski definition) is 6. The van der Waals surface area contributed by atoms with Crippen molar-refractivity contribution >= 4 is 56.8 Å². The molecule has 5 aromatic rings. The van der Waals surface area contributed by atoms with E-state index < -0.39 is 5.97 Å². The van der Waals surface area contributed by atoms with Crippen molar-refractivity contribution in [2.45, 2.75) is 45.6 Å². The molecule has 0 fully saturated rings. The minimum Gasteiger partial charge on any atom is -0.341 e. The fourth-order valence-electron chi connectivity index (χ4n) is 5.10. The van der Waals surface area contributed by atoms with E-state index in [-0.39, 0.29) is 17.3 Å². The zero-order chi connectivity index (χ0) is 29.8. The van der Waals surface area contributed by atoms with E-state index in [2.05, 4.69) is 16.6 Å². The SMILES string of the molecule is CCn1c2ccc(C(=O)/C(CCSc3ccc(C)cc3)=N/OC(C)=O)cc2c2cc(C(=O)c3ccccc3C)ccc21. The van der Waals surface area contributed by atoms with Crippen LogP contribution in [-0.2, 0) is 16.2 Å². The van der Waals surface area contributed by atoms with E-state index in [1.807, 2.05) is 92.7 Å². The average molecular weight is 577 g/mol. The van der Waals surface area contributed by atoms with Crippen LogP contribution in [-0.4, -0.2) is 33.6 Å². The number of carbonyl (C=O) groups excluding carboxylic acids is 3. The summed E-state index contributed by atoms with van der Waals surface area (Å²) in [5, 5.41) is 5.71. The Kier molecular flexibility index (Phi) is 8.69. The summed E-state index contributed by atoms with van der Waals surface area (Å²) in [6, 6.07) is 27.1. The van der Waals surface area contributed by atoms with Crippen molar-refractivity contribution in [1.29, 1.82) is 0 Å². The number of hydrogen-bond donors (Lipinski definition) is 0. The smallest absolute Gasteiger partial charge is 0.331 e. The van der Waals surface area contributed by atoms with Gasteiger partial charge in [-0.3, -0.25) is 9.59 Å². The predicted octanol–water partition coefficient (Wildman–Crippen LogP) is 7.95. The number of carbonyl (C=O) groups is 3. The van der Waals surface area contributed by atoms with Gasteiger partial charge in [-0.25, -0.2) is 4.79 Å². The Morgan fingerprint density at radius 1 is 0.833 bits per heavy atom. The van der Waals surface area contributed by atoms with Crippen LogP contribution in [0, 0.1) is 13.8 Å². The highest BCUT2D eigenvalue weighted by molar-refractivity contribution is 7.99. The van der Waals surface area contributed by atoms with Crippen molar-refractivity contribution in [1.82, 2.24) is 4.57 Å². The van der Waals surface area contributed by atoms with Crippen LogP contribution < -0.4 is 0 Å². The summed E-state index contributed by atoms with van der Waals surface area (Å²) in [7, 11) is 0. The van der Waals surface area contributed by atoms with Crippen molar-refractivity contribution in [2.24, 2.45) is 5.16 Å². The molecule has 0 saturated carbocycles. The number of oxime groups is 1. The fraction of sp³-hybridized carbons (Fsp3) is 0.200. The van der Waals surface area contributed by atoms with Crippen molar-refractivity contribution in [3.8, 4) is 0 Å². The standard InChI is InChI=1S/C35H32N2O4S/c1-5-37-32-16-12-25(34(39)28-9-7-6-8-23(28)3)20-29(32)30-21-26(13-17-33(30)37)35(40)31(36-41-24(4)38)18-19-42-27-14-10-22(2)11-15-27/h6-17,20-21H,5,18-19H2,1-4H3/b36-31+. The highest BCUT2D eigenvalue weighted by Crippen LogP contribution is 2.32. The maximum Gasteiger partial charge on any atom is 0.331 e. The van der Waals surface area contributed by atoms with Crippen LogP contribution in [0.5, 0.6) is 0 Å². The first-order chi connectivity index (χ1) is 20.3. The van der Waals surface area contributed by atoms with E-state index in [9.17, 15) is 14.4 Å². The lowest BCUT2D eigenvalue weighted by molar-refractivity contribution is -0.140. The van der Waals surface area contributed by atoms with Crippen LogP contribution in [0.15, 0.2) is 95.0 Å². The third kappa shape index (κ3) is 6.06. The number of aromatic nitrogens is 1. The molecule has 6 nitrogen and oxygen atoms in total. The molecule has 4 aromatic carbocycles. The normalized spacial score (nSPS) is 11.7. The molecule has 212 valence electrons. The number of benzene rings is 4. The molecule has 0 amide bonds. The number of thioether (sulfide) groups is 1. The van der Waals surface area contributed by atoms with E-state index in [1.165, 1.54) is 12.5 Å². The third-order valence-corrected chi connectivity index (χ3v) is 8.28. The zero-order valence-electron chi connectivity index (χ0n) is 24.1. The van der Waals surface area contributed by atoms with Gasteiger partial charge in [0.25, 0.3) is 0 Å². The molecule has 5 rings (SSSR count). The Bertz CT molecular complexity index is 1850. The quantitative estimate of drug-likeness (QED) is 0.0554. The number of Topliss-reactive ketones (excluding diaryl/α,β-unsaturated/α-hetero) is 1. The number of fused-ring (bicyclic) bond motifs is 3. The fourth-order valence-corrected chi connectivity index (χ4v) is 5.96. The van der Waals surface area contributed by atoms with Crippen LogP contribution in [0.25, 0.3) is 21.8 Å². The van der Waals surface area contributed by atoms with Crippen molar-refractivity contribution < 1.29 is 19.2 Å². The van der Waals surface area contributed by atoms with Gasteiger partial charge in [0.1, 0.15) is 5.71 Å². The monoisotopic (exact) mass is 576 g/mol. The summed E-state index contributed by atoms with van der Waals surface area (Å²) in [5.41, 5.74) is 5.94. The molecular formula is C35H32N2O4S. The van der Waals surface area contributed by atoms with Gasteiger partial charge in [-0.15, -0.1) is 11.8 Å². The average Bonchev–Trinajstić information content (AvgIpc) is 3.31. The van der Waals surface area contributed by atoms with Gasteiger partial charge < -0.3 is 9.40 Å². The molecule has 0 aliphatic carbocycles. The van der Waals surface area contributed by atoms with Gasteiger partial charge in [0.05, 0.1) is 0 Å². The molecule has 0 bridgehead atoms. The highest BCUT2D eigenvalue weighted by Gasteiger charge is 2.20. The largest absolute Gasteiger partial charge is 0.341 e. The van der Waals surface area contributed by atoms with Crippen LogP contribution in [0.4, 0.5) is 0 Å². The van der Waals surface area contributed by atoms with Crippen molar-refractivity contribution in [3.05, 3.63) is 113 Å². The lowest BCUT2D eigenvalue weighted by atomic mass is 9.97. The van der Waals surface area contributed by atoms with E-state index in [0.717, 1.165) is 38.8 Å². The molecule has 0 atom stereocenters. The minimum absolute atomic E-state index is 0.0403. The predicted molar refractivity (Wildman–Crippen MR) is 170 cm³/mol. The number of ketones is 2. The van der Waals surface area contributed by atoms with E-state index in [1.54, 1.807) is 17.8 Å². The summed E-state index contributed by atoms with van der Waals surface area (Å²) in [4.78, 5) is 44.6. The van der Waals surface area contributed by atoms with E-state index in [4.69, 9.17) is 4.84 Å². The molecule has 42 heavy (non-hydrogen) atoms. The van der Waals surface area contributed by atoms with Crippen LogP contribution in [0.1, 0.15) is 57.7 Å². The first-order valence-electron chi connectivity index (χ1n) is 13.9. The lowest BCUT2D eigenvalue weighted by Crippen LogP contribution is -2.16. The molecule has 0 aliphatic rings. The molecule has 0 unspecified atom stereocenters. The summed E-state index contributed by atoms with van der Waals surface area (Å²) >= 11 is 1.61. The van der Waals surface area contributed by atoms with E-state index in [0.29, 0.717) is 28.9 Å². The van der Waals surface area contributed by atoms with Gasteiger partial charge in [-0.05, 0) is 74.9 Å². The number of rotatable bonds is 10. The molecule has 7 heteroatoms. The molecule has 0 N–H and O–H groups in total. The molecule has 0 radical (unpaired) electrons. The minimum atomic E-state index is -0.584. The van der Waals surface area contributed by atoms with Gasteiger partial charge >= 0.3 is 5.97 Å². The lowest BCUT2D eigenvalue weighted by Gasteiger charge is -2.07. The Morgan fingerprint density at radius 2 is 1.48 bits per heavy atom. The van der Waals surface area contributed by atoms with Crippen LogP contribution in [0.2, 0.25) is 0 Å². The van der Waals surface area contributed by atoms with Gasteiger partial charge in [0, 0.05) is 69.0 Å². The first-order valence-corrected chi connectivity index (χ1v) is 14.9. The van der Waals surface area contributed by atoms with E-state index >= 15 is 0 Å². The topological polar surface area (TPSA) is 77.7 Å². The second-order valence-electron chi connectivity index (χ2n) is 10.2. The van der Waals surface area contributed by atoms with Crippen molar-refractivity contribution in [3.63, 3.8) is 0 Å². The summed E-state index contributed by atoms with van der Waals surface area (Å²) < 4.78 is 2.17. The van der Waals surface area contributed by atoms with Crippen LogP contribution >= 0.6 is 11.8 Å². The Morgan fingerprint density at radius 3 is 2.12 bits per heavy atom. The molecule has 1 heterocycles. The maximum atomic E-state index is 13.7. The third-order valence-electron chi connectivity index (χ3n) is 7.27. The molecule has 1 aromatic heterocycles.